The van der Waals surface area contributed by atoms with Crippen molar-refractivity contribution in [2.24, 2.45) is 0 Å². The van der Waals surface area contributed by atoms with E-state index in [0.717, 1.165) is 29.7 Å². The molecule has 0 N–H and O–H groups in total. The van der Waals surface area contributed by atoms with Gasteiger partial charge in [0.15, 0.2) is 5.57 Å². The second-order valence-electron chi connectivity index (χ2n) is 7.13. The maximum Gasteiger partial charge on any atom is 0.273 e. The molecule has 1 saturated heterocycles. The molecular formula is C24H21N3O3S. The fraction of sp³-hybridized carbons (Fsp3) is 0.208. The summed E-state index contributed by atoms with van der Waals surface area (Å²) in [6.45, 7) is 1.24. The number of hydrogen-bond acceptors (Lipinski definition) is 5. The van der Waals surface area contributed by atoms with Crippen molar-refractivity contribution >= 4 is 28.9 Å². The molecule has 0 atom stereocenters. The Balaban J connectivity index is 2.05. The number of thiazole rings is 1. The van der Waals surface area contributed by atoms with Crippen molar-refractivity contribution in [2.45, 2.75) is 12.8 Å². The van der Waals surface area contributed by atoms with E-state index in [1.165, 1.54) is 11.7 Å². The zero-order valence-corrected chi connectivity index (χ0v) is 17.9. The van der Waals surface area contributed by atoms with Crippen LogP contribution in [0.3, 0.4) is 0 Å². The monoisotopic (exact) mass is 431 g/mol. The van der Waals surface area contributed by atoms with Crippen LogP contribution in [0.2, 0.25) is 0 Å². The summed E-state index contributed by atoms with van der Waals surface area (Å²) in [7, 11) is 1.53. The number of benzene rings is 2. The predicted molar refractivity (Wildman–Crippen MR) is 121 cm³/mol. The molecule has 1 aromatic heterocycles. The highest BCUT2D eigenvalue weighted by molar-refractivity contribution is 7.07. The molecule has 0 saturated carbocycles. The van der Waals surface area contributed by atoms with Gasteiger partial charge < -0.3 is 9.64 Å². The second-order valence-corrected chi connectivity index (χ2v) is 8.16. The summed E-state index contributed by atoms with van der Waals surface area (Å²) in [5.41, 5.74) is 1.04. The van der Waals surface area contributed by atoms with Crippen LogP contribution in [0.1, 0.15) is 18.4 Å². The fourth-order valence-electron chi connectivity index (χ4n) is 3.65. The van der Waals surface area contributed by atoms with Crippen molar-refractivity contribution in [3.8, 4) is 17.5 Å². The Bertz CT molecular complexity index is 1330. The molecule has 31 heavy (non-hydrogen) atoms. The van der Waals surface area contributed by atoms with Gasteiger partial charge in [-0.05, 0) is 36.6 Å². The molecule has 0 spiro atoms. The van der Waals surface area contributed by atoms with Crippen LogP contribution >= 0.6 is 11.3 Å². The number of likely N-dealkylation sites (tertiary alicyclic amines) is 1. The van der Waals surface area contributed by atoms with Crippen molar-refractivity contribution in [3.05, 3.63) is 79.7 Å². The van der Waals surface area contributed by atoms with Gasteiger partial charge in [-0.1, -0.05) is 42.5 Å². The Labute approximate surface area is 183 Å². The average molecular weight is 432 g/mol. The quantitative estimate of drug-likeness (QED) is 0.634. The number of aromatic nitrogens is 1. The first-order chi connectivity index (χ1) is 15.1. The smallest absolute Gasteiger partial charge is 0.273 e. The fourth-order valence-corrected chi connectivity index (χ4v) is 4.74. The van der Waals surface area contributed by atoms with Crippen LogP contribution in [0.5, 0.6) is 5.75 Å². The molecule has 1 aliphatic rings. The van der Waals surface area contributed by atoms with Gasteiger partial charge in [-0.3, -0.25) is 14.2 Å². The molecule has 1 aliphatic heterocycles. The molecule has 0 unspecified atom stereocenters. The third-order valence-corrected chi connectivity index (χ3v) is 6.27. The number of nitrogens with zero attached hydrogens (tertiary/aromatic N) is 3. The number of carbonyl (C=O) groups excluding carboxylic acids is 1. The largest absolute Gasteiger partial charge is 0.495 e. The van der Waals surface area contributed by atoms with Gasteiger partial charge in [0.05, 0.1) is 17.3 Å². The van der Waals surface area contributed by atoms with Crippen molar-refractivity contribution in [1.29, 1.82) is 5.26 Å². The lowest BCUT2D eigenvalue weighted by molar-refractivity contribution is -0.123. The molecule has 2 heterocycles. The third-order valence-electron chi connectivity index (χ3n) is 5.18. The van der Waals surface area contributed by atoms with Crippen molar-refractivity contribution < 1.29 is 9.53 Å². The summed E-state index contributed by atoms with van der Waals surface area (Å²) in [6, 6.07) is 18.6. The van der Waals surface area contributed by atoms with Crippen LogP contribution in [0, 0.1) is 11.3 Å². The van der Waals surface area contributed by atoms with E-state index >= 15 is 0 Å². The van der Waals surface area contributed by atoms with Gasteiger partial charge in [0.2, 0.25) is 0 Å². The molecule has 1 fully saturated rings. The van der Waals surface area contributed by atoms with Gasteiger partial charge in [0, 0.05) is 13.1 Å². The zero-order chi connectivity index (χ0) is 21.8. The average Bonchev–Trinajstić information content (AvgIpc) is 3.44. The molecule has 0 radical (unpaired) electrons. The molecular weight excluding hydrogens is 410 g/mol. The first-order valence-electron chi connectivity index (χ1n) is 9.99. The van der Waals surface area contributed by atoms with E-state index < -0.39 is 0 Å². The third kappa shape index (κ3) is 4.03. The minimum absolute atomic E-state index is 0.0254. The van der Waals surface area contributed by atoms with E-state index in [1.54, 1.807) is 35.2 Å². The highest BCUT2D eigenvalue weighted by atomic mass is 32.1. The maximum absolute atomic E-state index is 13.5. The SMILES string of the molecule is COc1ccccc1-n1c(=O)/c(=C\c2ccccc2)s/c1=C(/C#N)C(=O)N1CCCC1. The molecule has 4 rings (SSSR count). The second kappa shape index (κ2) is 9.02. The zero-order valence-electron chi connectivity index (χ0n) is 17.1. The molecule has 0 aliphatic carbocycles. The lowest BCUT2D eigenvalue weighted by Crippen LogP contribution is -2.35. The Kier molecular flexibility index (Phi) is 6.01. The number of hydrogen-bond donors (Lipinski definition) is 0. The van der Waals surface area contributed by atoms with E-state index in [2.05, 4.69) is 6.07 Å². The van der Waals surface area contributed by atoms with Gasteiger partial charge in [-0.2, -0.15) is 5.26 Å². The number of para-hydroxylation sites is 2. The van der Waals surface area contributed by atoms with E-state index in [4.69, 9.17) is 4.74 Å². The summed E-state index contributed by atoms with van der Waals surface area (Å²) in [5.74, 6) is 0.150. The Morgan fingerprint density at radius 1 is 1.10 bits per heavy atom. The number of methoxy groups -OCH3 is 1. The van der Waals surface area contributed by atoms with Gasteiger partial charge in [-0.25, -0.2) is 0 Å². The normalized spacial score (nSPS) is 15.0. The molecule has 6 nitrogen and oxygen atoms in total. The van der Waals surface area contributed by atoms with Crippen molar-refractivity contribution in [3.63, 3.8) is 0 Å². The number of amides is 1. The standard InChI is InChI=1S/C24H21N3O3S/c1-30-20-12-6-5-11-19(20)27-23(29)21(15-17-9-3-2-4-10-17)31-24(27)18(16-25)22(28)26-13-7-8-14-26/h2-6,9-12,15H,7-8,13-14H2,1H3/b21-15+,24-18-. The summed E-state index contributed by atoms with van der Waals surface area (Å²) < 4.78 is 7.63. The van der Waals surface area contributed by atoms with Crippen molar-refractivity contribution in [2.75, 3.05) is 20.2 Å². The minimum atomic E-state index is -0.337. The molecule has 1 amide bonds. The summed E-state index contributed by atoms with van der Waals surface area (Å²) in [4.78, 5) is 28.3. The number of nitriles is 1. The van der Waals surface area contributed by atoms with E-state index in [9.17, 15) is 14.9 Å². The molecule has 3 aromatic rings. The molecule has 7 heteroatoms. The van der Waals surface area contributed by atoms with Gasteiger partial charge in [0.25, 0.3) is 11.5 Å². The van der Waals surface area contributed by atoms with Gasteiger partial charge >= 0.3 is 0 Å². The number of carbonyl (C=O) groups is 1. The first-order valence-corrected chi connectivity index (χ1v) is 10.8. The first kappa shape index (κ1) is 20.6. The number of rotatable bonds is 4. The predicted octanol–water partition coefficient (Wildman–Crippen LogP) is 2.03. The molecule has 0 bridgehead atoms. The minimum Gasteiger partial charge on any atom is -0.495 e. The van der Waals surface area contributed by atoms with Crippen LogP contribution in [-0.4, -0.2) is 35.6 Å². The Hall–Kier alpha value is -3.63. The van der Waals surface area contributed by atoms with Gasteiger partial charge in [0.1, 0.15) is 16.5 Å². The van der Waals surface area contributed by atoms with Crippen LogP contribution in [0.4, 0.5) is 0 Å². The Morgan fingerprint density at radius 3 is 2.45 bits per heavy atom. The Morgan fingerprint density at radius 2 is 1.77 bits per heavy atom. The van der Waals surface area contributed by atoms with Gasteiger partial charge in [-0.15, -0.1) is 11.3 Å². The van der Waals surface area contributed by atoms with Crippen LogP contribution in [0.15, 0.2) is 59.4 Å². The van der Waals surface area contributed by atoms with Crippen molar-refractivity contribution in [1.82, 2.24) is 9.47 Å². The summed E-state index contributed by atoms with van der Waals surface area (Å²) in [6.07, 6.45) is 3.61. The maximum atomic E-state index is 13.5. The lowest BCUT2D eigenvalue weighted by Gasteiger charge is -2.14. The molecule has 2 aromatic carbocycles. The molecule has 156 valence electrons. The lowest BCUT2D eigenvalue weighted by atomic mass is 10.2. The number of ether oxygens (including phenoxy) is 1. The summed E-state index contributed by atoms with van der Waals surface area (Å²) in [5, 5.41) is 9.91. The van der Waals surface area contributed by atoms with Crippen LogP contribution in [-0.2, 0) is 4.79 Å². The van der Waals surface area contributed by atoms with E-state index in [1.807, 2.05) is 30.3 Å². The highest BCUT2D eigenvalue weighted by Crippen LogP contribution is 2.20. The van der Waals surface area contributed by atoms with Crippen LogP contribution in [0.25, 0.3) is 17.3 Å². The topological polar surface area (TPSA) is 75.3 Å². The van der Waals surface area contributed by atoms with E-state index in [0.29, 0.717) is 33.7 Å². The van der Waals surface area contributed by atoms with E-state index in [-0.39, 0.29) is 17.0 Å². The van der Waals surface area contributed by atoms with Crippen LogP contribution < -0.4 is 19.5 Å². The summed E-state index contributed by atoms with van der Waals surface area (Å²) >= 11 is 1.15. The highest BCUT2D eigenvalue weighted by Gasteiger charge is 2.25.